The predicted molar refractivity (Wildman–Crippen MR) is 152 cm³/mol. The summed E-state index contributed by atoms with van der Waals surface area (Å²) in [6.07, 6.45) is 2.69. The molecule has 2 heterocycles. The van der Waals surface area contributed by atoms with Gasteiger partial charge in [0.15, 0.2) is 0 Å². The lowest BCUT2D eigenvalue weighted by Gasteiger charge is -2.10. The first-order chi connectivity index (χ1) is 20.1. The number of aromatic nitrogens is 4. The van der Waals surface area contributed by atoms with Gasteiger partial charge in [-0.15, -0.1) is 18.3 Å². The molecule has 0 radical (unpaired) electrons. The zero-order valence-electron chi connectivity index (χ0n) is 23.4. The number of hydrogen-bond acceptors (Lipinski definition) is 6. The van der Waals surface area contributed by atoms with E-state index in [0.29, 0.717) is 36.2 Å². The van der Waals surface area contributed by atoms with Crippen LogP contribution in [0.4, 0.5) is 19.1 Å². The fourth-order valence-electron chi connectivity index (χ4n) is 4.34. The molecule has 8 nitrogen and oxygen atoms in total. The number of amides is 1. The number of halogens is 3. The molecule has 0 atom stereocenters. The molecule has 0 aliphatic heterocycles. The molecule has 1 N–H and O–H groups in total. The molecule has 2 aromatic carbocycles. The number of pyridine rings is 1. The van der Waals surface area contributed by atoms with E-state index in [2.05, 4.69) is 32.0 Å². The van der Waals surface area contributed by atoms with Crippen LogP contribution < -0.4 is 10.1 Å². The first kappa shape index (κ1) is 30.4. The summed E-state index contributed by atoms with van der Waals surface area (Å²) in [4.78, 5) is 34.1. The summed E-state index contributed by atoms with van der Waals surface area (Å²) in [5, 5.41) is 7.23. The Morgan fingerprint density at radius 2 is 1.69 bits per heavy atom. The number of rotatable bonds is 13. The highest BCUT2D eigenvalue weighted by Crippen LogP contribution is 2.26. The van der Waals surface area contributed by atoms with Crippen molar-refractivity contribution in [2.24, 2.45) is 0 Å². The minimum absolute atomic E-state index is 0.0577. The van der Waals surface area contributed by atoms with Crippen molar-refractivity contribution in [3.05, 3.63) is 83.6 Å². The number of carbonyl (C=O) groups is 2. The van der Waals surface area contributed by atoms with Gasteiger partial charge in [0.1, 0.15) is 17.2 Å². The fourth-order valence-corrected chi connectivity index (χ4v) is 4.34. The van der Waals surface area contributed by atoms with Crippen molar-refractivity contribution in [1.29, 1.82) is 0 Å². The van der Waals surface area contributed by atoms with Crippen LogP contribution in [0.15, 0.2) is 66.9 Å². The van der Waals surface area contributed by atoms with Crippen molar-refractivity contribution in [3.63, 3.8) is 0 Å². The highest BCUT2D eigenvalue weighted by Gasteiger charge is 2.31. The summed E-state index contributed by atoms with van der Waals surface area (Å²) < 4.78 is 43.1. The third-order valence-corrected chi connectivity index (χ3v) is 6.59. The lowest BCUT2D eigenvalue weighted by Crippen LogP contribution is -2.17. The van der Waals surface area contributed by atoms with Crippen LogP contribution in [-0.2, 0) is 11.2 Å². The first-order valence-corrected chi connectivity index (χ1v) is 13.8. The number of alkyl halides is 3. The van der Waals surface area contributed by atoms with Gasteiger partial charge >= 0.3 is 6.36 Å². The number of Topliss-reactive ketones (excluding diaryl/α,β-unsaturated/α-hetero) is 1. The van der Waals surface area contributed by atoms with Crippen LogP contribution in [0.3, 0.4) is 0 Å². The van der Waals surface area contributed by atoms with Crippen molar-refractivity contribution in [3.8, 4) is 23.0 Å². The molecule has 4 rings (SSSR count). The van der Waals surface area contributed by atoms with Crippen LogP contribution in [0.2, 0.25) is 0 Å². The normalized spacial score (nSPS) is 11.4. The van der Waals surface area contributed by atoms with Gasteiger partial charge in [0.25, 0.3) is 5.91 Å². The van der Waals surface area contributed by atoms with E-state index in [9.17, 15) is 22.8 Å². The molecule has 0 fully saturated rings. The Morgan fingerprint density at radius 1 is 0.952 bits per heavy atom. The number of ether oxygens (including phenoxy) is 1. The van der Waals surface area contributed by atoms with Crippen LogP contribution in [0, 0.1) is 6.92 Å². The molecule has 11 heteroatoms. The summed E-state index contributed by atoms with van der Waals surface area (Å²) in [6, 6.07) is 15.6. The lowest BCUT2D eigenvalue weighted by molar-refractivity contribution is -0.274. The Balaban J connectivity index is 1.50. The zero-order chi connectivity index (χ0) is 30.1. The molecule has 2 aromatic heterocycles. The van der Waals surface area contributed by atoms with E-state index in [-0.39, 0.29) is 17.6 Å². The molecular weight excluding hydrogens is 547 g/mol. The summed E-state index contributed by atoms with van der Waals surface area (Å²) in [5.74, 6) is -0.320. The number of unbranched alkanes of at least 4 members (excludes halogenated alkanes) is 3. The highest BCUT2D eigenvalue weighted by atomic mass is 19.4. The minimum atomic E-state index is -4.82. The number of hydrogen-bond donors (Lipinski definition) is 1. The largest absolute Gasteiger partial charge is 0.573 e. The Hall–Kier alpha value is -4.54. The number of benzene rings is 2. The molecular formula is C31H32F3N5O3. The van der Waals surface area contributed by atoms with Crippen molar-refractivity contribution in [1.82, 2.24) is 19.7 Å². The van der Waals surface area contributed by atoms with Gasteiger partial charge in [-0.3, -0.25) is 19.9 Å². The maximum absolute atomic E-state index is 13.2. The number of anilines is 1. The molecule has 0 aliphatic rings. The smallest absolute Gasteiger partial charge is 0.406 e. The van der Waals surface area contributed by atoms with Gasteiger partial charge in [-0.1, -0.05) is 44.4 Å². The molecule has 0 spiro atoms. The SMILES string of the molecule is CCCCCCC(=O)CCc1ccc(C(=O)Nc2nc(-c3ncccc3C)nn2-c2ccc(OC(F)(F)F)cc2)cc1. The monoisotopic (exact) mass is 579 g/mol. The van der Waals surface area contributed by atoms with E-state index in [1.165, 1.54) is 16.8 Å². The van der Waals surface area contributed by atoms with Gasteiger partial charge in [-0.05, 0) is 73.4 Å². The van der Waals surface area contributed by atoms with Crippen molar-refractivity contribution in [2.45, 2.75) is 65.2 Å². The lowest BCUT2D eigenvalue weighted by atomic mass is 10.0. The molecule has 42 heavy (non-hydrogen) atoms. The van der Waals surface area contributed by atoms with E-state index in [1.807, 2.05) is 25.1 Å². The number of nitrogens with one attached hydrogen (secondary N) is 1. The fraction of sp³-hybridized carbons (Fsp3) is 0.323. The number of carbonyl (C=O) groups excluding carboxylic acids is 2. The molecule has 1 amide bonds. The molecule has 0 aliphatic carbocycles. The molecule has 0 saturated carbocycles. The standard InChI is InChI=1S/C31H32F3N5O3/c1-3-4-5-6-9-25(40)17-12-22-10-13-23(14-11-22)29(41)37-30-36-28(27-21(2)8-7-20-35-27)38-39(30)24-15-18-26(19-16-24)42-31(32,33)34/h7-8,10-11,13-16,18-20H,3-6,9,12,17H2,1-2H3,(H,36,37,38,41). The first-order valence-electron chi connectivity index (χ1n) is 13.8. The third-order valence-electron chi connectivity index (χ3n) is 6.59. The summed E-state index contributed by atoms with van der Waals surface area (Å²) in [5.41, 5.74) is 2.96. The Morgan fingerprint density at radius 3 is 2.36 bits per heavy atom. The van der Waals surface area contributed by atoms with Gasteiger partial charge in [-0.2, -0.15) is 9.67 Å². The quantitative estimate of drug-likeness (QED) is 0.167. The summed E-state index contributed by atoms with van der Waals surface area (Å²) in [7, 11) is 0. The number of aryl methyl sites for hydroxylation is 2. The van der Waals surface area contributed by atoms with E-state index in [4.69, 9.17) is 0 Å². The van der Waals surface area contributed by atoms with Crippen LogP contribution >= 0.6 is 0 Å². The number of ketones is 1. The van der Waals surface area contributed by atoms with Crippen LogP contribution in [0.25, 0.3) is 17.2 Å². The average molecular weight is 580 g/mol. The Kier molecular flexibility index (Phi) is 10.1. The van der Waals surface area contributed by atoms with Gasteiger partial charge in [0.2, 0.25) is 11.8 Å². The maximum Gasteiger partial charge on any atom is 0.573 e. The van der Waals surface area contributed by atoms with Crippen molar-refractivity contribution in [2.75, 3.05) is 5.32 Å². The summed E-state index contributed by atoms with van der Waals surface area (Å²) in [6.45, 7) is 3.97. The molecule has 0 unspecified atom stereocenters. The second-order valence-corrected chi connectivity index (χ2v) is 9.88. The van der Waals surface area contributed by atoms with E-state index >= 15 is 0 Å². The third kappa shape index (κ3) is 8.48. The van der Waals surface area contributed by atoms with Gasteiger partial charge in [-0.25, -0.2) is 0 Å². The second-order valence-electron chi connectivity index (χ2n) is 9.88. The van der Waals surface area contributed by atoms with Gasteiger partial charge in [0, 0.05) is 24.6 Å². The molecule has 4 aromatic rings. The Bertz CT molecular complexity index is 1500. The van der Waals surface area contributed by atoms with Gasteiger partial charge in [0.05, 0.1) is 5.69 Å². The number of nitrogens with zero attached hydrogens (tertiary/aromatic N) is 4. The van der Waals surface area contributed by atoms with Crippen LogP contribution in [-0.4, -0.2) is 37.8 Å². The highest BCUT2D eigenvalue weighted by molar-refractivity contribution is 6.03. The second kappa shape index (κ2) is 13.9. The maximum atomic E-state index is 13.2. The van der Waals surface area contributed by atoms with Crippen molar-refractivity contribution < 1.29 is 27.5 Å². The predicted octanol–water partition coefficient (Wildman–Crippen LogP) is 7.26. The van der Waals surface area contributed by atoms with Crippen LogP contribution in [0.5, 0.6) is 5.75 Å². The van der Waals surface area contributed by atoms with E-state index in [0.717, 1.165) is 48.9 Å². The summed E-state index contributed by atoms with van der Waals surface area (Å²) >= 11 is 0. The molecule has 0 bridgehead atoms. The topological polar surface area (TPSA) is 99.0 Å². The van der Waals surface area contributed by atoms with E-state index in [1.54, 1.807) is 24.4 Å². The molecule has 220 valence electrons. The van der Waals surface area contributed by atoms with Crippen LogP contribution in [0.1, 0.15) is 66.9 Å². The zero-order valence-corrected chi connectivity index (χ0v) is 23.4. The molecule has 0 saturated heterocycles. The van der Waals surface area contributed by atoms with E-state index < -0.39 is 18.0 Å². The average Bonchev–Trinajstić information content (AvgIpc) is 3.37. The van der Waals surface area contributed by atoms with Crippen molar-refractivity contribution >= 4 is 17.6 Å². The minimum Gasteiger partial charge on any atom is -0.406 e. The Labute approximate surface area is 242 Å². The van der Waals surface area contributed by atoms with Gasteiger partial charge < -0.3 is 4.74 Å².